The molecule has 7 heteroatoms. The lowest BCUT2D eigenvalue weighted by molar-refractivity contribution is -0.117. The highest BCUT2D eigenvalue weighted by atomic mass is 32.1. The molecule has 1 fully saturated rings. The highest BCUT2D eigenvalue weighted by molar-refractivity contribution is 7.14. The van der Waals surface area contributed by atoms with Gasteiger partial charge in [0, 0.05) is 19.1 Å². The molecule has 1 aliphatic heterocycles. The van der Waals surface area contributed by atoms with Crippen molar-refractivity contribution in [2.75, 3.05) is 32.0 Å². The summed E-state index contributed by atoms with van der Waals surface area (Å²) in [6, 6.07) is 2.03. The molecule has 2 rings (SSSR count). The van der Waals surface area contributed by atoms with Crippen molar-refractivity contribution in [3.63, 3.8) is 0 Å². The number of nitrogens with two attached hydrogens (primary N) is 1. The zero-order valence-corrected chi connectivity index (χ0v) is 10.9. The highest BCUT2D eigenvalue weighted by Crippen LogP contribution is 2.22. The molecule has 4 N–H and O–H groups in total. The second-order valence-corrected chi connectivity index (χ2v) is 5.22. The molecule has 1 aromatic rings. The number of likely N-dealkylation sites (N-methyl/N-ethyl adjacent to an activating group) is 1. The van der Waals surface area contributed by atoms with Gasteiger partial charge in [-0.2, -0.15) is 0 Å². The fourth-order valence-electron chi connectivity index (χ4n) is 1.71. The van der Waals surface area contributed by atoms with Crippen LogP contribution in [0.25, 0.3) is 0 Å². The fraction of sp³-hybridized carbons (Fsp3) is 0.455. The van der Waals surface area contributed by atoms with Crippen molar-refractivity contribution in [2.45, 2.75) is 6.04 Å². The molecule has 0 unspecified atom stereocenters. The predicted octanol–water partition coefficient (Wildman–Crippen LogP) is -0.311. The lowest BCUT2D eigenvalue weighted by atomic mass is 10.1. The zero-order chi connectivity index (χ0) is 13.1. The molecular formula is C11H16N4O2S. The Morgan fingerprint density at radius 2 is 2.33 bits per heavy atom. The summed E-state index contributed by atoms with van der Waals surface area (Å²) in [7, 11) is 1.91. The van der Waals surface area contributed by atoms with Crippen molar-refractivity contribution in [1.29, 1.82) is 0 Å². The fourth-order valence-corrected chi connectivity index (χ4v) is 2.52. The van der Waals surface area contributed by atoms with Gasteiger partial charge in [-0.25, -0.2) is 0 Å². The first-order valence-electron chi connectivity index (χ1n) is 5.66. The van der Waals surface area contributed by atoms with Crippen molar-refractivity contribution in [3.05, 3.63) is 17.0 Å². The Bertz CT molecular complexity index is 456. The number of hydrogen-bond acceptors (Lipinski definition) is 5. The number of amides is 2. The van der Waals surface area contributed by atoms with Crippen LogP contribution in [0.4, 0.5) is 5.00 Å². The van der Waals surface area contributed by atoms with Crippen LogP contribution in [0.1, 0.15) is 10.4 Å². The number of carbonyl (C=O) groups excluding carboxylic acids is 2. The highest BCUT2D eigenvalue weighted by Gasteiger charge is 2.23. The van der Waals surface area contributed by atoms with Gasteiger partial charge in [-0.15, -0.1) is 11.3 Å². The van der Waals surface area contributed by atoms with E-state index in [2.05, 4.69) is 10.6 Å². The Morgan fingerprint density at radius 1 is 1.61 bits per heavy atom. The SMILES string of the molecule is CN(CC(=O)Nc1sccc1C(N)=O)C1CNC1. The smallest absolute Gasteiger partial charge is 0.251 e. The van der Waals surface area contributed by atoms with Gasteiger partial charge in [0.25, 0.3) is 5.91 Å². The largest absolute Gasteiger partial charge is 0.366 e. The van der Waals surface area contributed by atoms with E-state index in [1.54, 1.807) is 11.4 Å². The third-order valence-corrected chi connectivity index (χ3v) is 3.79. The van der Waals surface area contributed by atoms with Gasteiger partial charge in [0.1, 0.15) is 5.00 Å². The molecule has 1 aliphatic rings. The average molecular weight is 268 g/mol. The Labute approximate surface area is 109 Å². The third-order valence-electron chi connectivity index (χ3n) is 2.96. The van der Waals surface area contributed by atoms with Crippen LogP contribution in [0.2, 0.25) is 0 Å². The van der Waals surface area contributed by atoms with E-state index >= 15 is 0 Å². The molecule has 0 radical (unpaired) electrons. The number of hydrogen-bond donors (Lipinski definition) is 3. The number of thiophene rings is 1. The lowest BCUT2D eigenvalue weighted by Crippen LogP contribution is -2.57. The zero-order valence-electron chi connectivity index (χ0n) is 10.1. The summed E-state index contributed by atoms with van der Waals surface area (Å²) in [6.07, 6.45) is 0. The van der Waals surface area contributed by atoms with E-state index in [9.17, 15) is 9.59 Å². The number of primary amides is 1. The molecule has 0 aliphatic carbocycles. The van der Waals surface area contributed by atoms with Crippen LogP contribution in [0, 0.1) is 0 Å². The van der Waals surface area contributed by atoms with Crippen LogP contribution in [-0.2, 0) is 4.79 Å². The van der Waals surface area contributed by atoms with E-state index in [1.165, 1.54) is 11.3 Å². The minimum absolute atomic E-state index is 0.130. The van der Waals surface area contributed by atoms with Crippen LogP contribution in [0.5, 0.6) is 0 Å². The molecule has 2 heterocycles. The maximum atomic E-state index is 11.8. The van der Waals surface area contributed by atoms with E-state index in [1.807, 2.05) is 11.9 Å². The minimum atomic E-state index is -0.525. The van der Waals surface area contributed by atoms with Crippen molar-refractivity contribution < 1.29 is 9.59 Å². The summed E-state index contributed by atoms with van der Waals surface area (Å²) < 4.78 is 0. The summed E-state index contributed by atoms with van der Waals surface area (Å²) in [5.74, 6) is -0.655. The first kappa shape index (κ1) is 13.0. The second kappa shape index (κ2) is 5.47. The minimum Gasteiger partial charge on any atom is -0.366 e. The van der Waals surface area contributed by atoms with E-state index in [0.717, 1.165) is 13.1 Å². The van der Waals surface area contributed by atoms with Crippen LogP contribution in [0.3, 0.4) is 0 Å². The summed E-state index contributed by atoms with van der Waals surface area (Å²) in [5.41, 5.74) is 5.57. The van der Waals surface area contributed by atoms with Crippen LogP contribution >= 0.6 is 11.3 Å². The number of rotatable bonds is 5. The van der Waals surface area contributed by atoms with Gasteiger partial charge in [-0.1, -0.05) is 0 Å². The molecule has 1 saturated heterocycles. The third kappa shape index (κ3) is 2.87. The predicted molar refractivity (Wildman–Crippen MR) is 70.8 cm³/mol. The van der Waals surface area contributed by atoms with E-state index < -0.39 is 5.91 Å². The maximum Gasteiger partial charge on any atom is 0.251 e. The summed E-state index contributed by atoms with van der Waals surface area (Å²) in [5, 5.41) is 8.13. The van der Waals surface area contributed by atoms with Crippen molar-refractivity contribution in [1.82, 2.24) is 10.2 Å². The molecule has 6 nitrogen and oxygen atoms in total. The standard InChI is InChI=1S/C11H16N4O2S/c1-15(7-4-13-5-7)6-9(16)14-11-8(10(12)17)2-3-18-11/h2-3,7,13H,4-6H2,1H3,(H2,12,17)(H,14,16). The van der Waals surface area contributed by atoms with Gasteiger partial charge in [-0.3, -0.25) is 14.5 Å². The first-order chi connectivity index (χ1) is 8.58. The number of carbonyl (C=O) groups is 2. The monoisotopic (exact) mass is 268 g/mol. The normalized spacial score (nSPS) is 15.4. The van der Waals surface area contributed by atoms with Gasteiger partial charge < -0.3 is 16.4 Å². The quantitative estimate of drug-likeness (QED) is 0.683. The Hall–Kier alpha value is -1.44. The van der Waals surface area contributed by atoms with Crippen LogP contribution in [-0.4, -0.2) is 49.4 Å². The molecule has 0 atom stereocenters. The summed E-state index contributed by atoms with van der Waals surface area (Å²) in [4.78, 5) is 24.9. The molecule has 1 aromatic heterocycles. The summed E-state index contributed by atoms with van der Waals surface area (Å²) in [6.45, 7) is 2.13. The molecule has 0 spiro atoms. The molecule has 0 aromatic carbocycles. The molecule has 2 amide bonds. The topological polar surface area (TPSA) is 87.5 Å². The van der Waals surface area contributed by atoms with E-state index in [0.29, 0.717) is 23.2 Å². The van der Waals surface area contributed by atoms with Crippen molar-refractivity contribution in [3.8, 4) is 0 Å². The maximum absolute atomic E-state index is 11.8. The number of nitrogens with one attached hydrogen (secondary N) is 2. The van der Waals surface area contributed by atoms with Crippen molar-refractivity contribution >= 4 is 28.2 Å². The van der Waals surface area contributed by atoms with Gasteiger partial charge >= 0.3 is 0 Å². The Kier molecular flexibility index (Phi) is 3.95. The van der Waals surface area contributed by atoms with Crippen LogP contribution in [0.15, 0.2) is 11.4 Å². The Balaban J connectivity index is 1.90. The second-order valence-electron chi connectivity index (χ2n) is 4.30. The first-order valence-corrected chi connectivity index (χ1v) is 6.54. The number of anilines is 1. The molecule has 18 heavy (non-hydrogen) atoms. The van der Waals surface area contributed by atoms with Gasteiger partial charge in [0.2, 0.25) is 5.91 Å². The Morgan fingerprint density at radius 3 is 2.89 bits per heavy atom. The average Bonchev–Trinajstić information content (AvgIpc) is 2.62. The lowest BCUT2D eigenvalue weighted by Gasteiger charge is -2.35. The van der Waals surface area contributed by atoms with Crippen molar-refractivity contribution in [2.24, 2.45) is 5.73 Å². The molecular weight excluding hydrogens is 252 g/mol. The molecule has 0 saturated carbocycles. The van der Waals surface area contributed by atoms with E-state index in [-0.39, 0.29) is 5.91 Å². The molecule has 98 valence electrons. The summed E-state index contributed by atoms with van der Waals surface area (Å²) >= 11 is 1.30. The van der Waals surface area contributed by atoms with E-state index in [4.69, 9.17) is 5.73 Å². The van der Waals surface area contributed by atoms with Crippen LogP contribution < -0.4 is 16.4 Å². The van der Waals surface area contributed by atoms with Gasteiger partial charge in [-0.05, 0) is 18.5 Å². The molecule has 0 bridgehead atoms. The van der Waals surface area contributed by atoms with Gasteiger partial charge in [0.05, 0.1) is 12.1 Å². The van der Waals surface area contributed by atoms with Gasteiger partial charge in [0.15, 0.2) is 0 Å². The number of nitrogens with zero attached hydrogens (tertiary/aromatic N) is 1.